The minimum Gasteiger partial charge on any atom is -0.495 e. The number of carbonyl (C=O) groups is 2. The van der Waals surface area contributed by atoms with Gasteiger partial charge in [-0.25, -0.2) is 14.8 Å². The second-order valence-electron chi connectivity index (χ2n) is 4.79. The molecule has 1 N–H and O–H groups in total. The molecule has 0 aliphatic carbocycles. The summed E-state index contributed by atoms with van der Waals surface area (Å²) >= 11 is 7.19. The number of hydrogen-bond acceptors (Lipinski definition) is 7. The van der Waals surface area contributed by atoms with E-state index in [4.69, 9.17) is 21.1 Å². The highest BCUT2D eigenvalue weighted by atomic mass is 35.5. The molecule has 0 spiro atoms. The number of halogens is 1. The SMILES string of the molecule is COc1ccccc1NC(=O)[C@@H](C)OC(=O)c1nc(SC)ncc1Cl. The first-order chi connectivity index (χ1) is 12.0. The standard InChI is InChI=1S/C16H16ClN3O4S/c1-9(14(21)19-11-6-4-5-7-12(11)23-2)24-15(22)13-10(17)8-18-16(20-13)25-3/h4-9H,1-3H3,(H,19,21)/t9-/m1/s1. The molecule has 9 heteroatoms. The van der Waals surface area contributed by atoms with Crippen LogP contribution in [-0.4, -0.2) is 41.3 Å². The average molecular weight is 382 g/mol. The molecule has 0 fully saturated rings. The largest absolute Gasteiger partial charge is 0.495 e. The normalized spacial score (nSPS) is 11.5. The third kappa shape index (κ3) is 4.83. The molecule has 2 rings (SSSR count). The van der Waals surface area contributed by atoms with Crippen LogP contribution in [0.5, 0.6) is 5.75 Å². The number of thioether (sulfide) groups is 1. The van der Waals surface area contributed by atoms with Crippen LogP contribution in [0.2, 0.25) is 5.02 Å². The predicted molar refractivity (Wildman–Crippen MR) is 95.3 cm³/mol. The van der Waals surface area contributed by atoms with Gasteiger partial charge in [0.2, 0.25) is 0 Å². The molecule has 132 valence electrons. The molecular weight excluding hydrogens is 366 g/mol. The highest BCUT2D eigenvalue weighted by Gasteiger charge is 2.23. The van der Waals surface area contributed by atoms with Gasteiger partial charge in [-0.1, -0.05) is 35.5 Å². The van der Waals surface area contributed by atoms with E-state index in [0.717, 1.165) is 0 Å². The van der Waals surface area contributed by atoms with Crippen molar-refractivity contribution in [2.75, 3.05) is 18.7 Å². The van der Waals surface area contributed by atoms with E-state index in [2.05, 4.69) is 15.3 Å². The fourth-order valence-corrected chi connectivity index (χ4v) is 2.35. The zero-order chi connectivity index (χ0) is 18.4. The maximum Gasteiger partial charge on any atom is 0.359 e. The molecule has 7 nitrogen and oxygen atoms in total. The molecule has 0 aliphatic heterocycles. The lowest BCUT2D eigenvalue weighted by molar-refractivity contribution is -0.123. The lowest BCUT2D eigenvalue weighted by atomic mass is 10.2. The number of amides is 1. The Balaban J connectivity index is 2.07. The van der Waals surface area contributed by atoms with Crippen LogP contribution < -0.4 is 10.1 Å². The Morgan fingerprint density at radius 1 is 1.32 bits per heavy atom. The summed E-state index contributed by atoms with van der Waals surface area (Å²) in [7, 11) is 1.49. The van der Waals surface area contributed by atoms with Gasteiger partial charge >= 0.3 is 5.97 Å². The first-order valence-electron chi connectivity index (χ1n) is 7.17. The van der Waals surface area contributed by atoms with E-state index in [1.807, 2.05) is 0 Å². The number of para-hydroxylation sites is 2. The molecule has 1 aromatic heterocycles. The number of hydrogen-bond donors (Lipinski definition) is 1. The predicted octanol–water partition coefficient (Wildman–Crippen LogP) is 3.04. The van der Waals surface area contributed by atoms with Crippen molar-refractivity contribution in [2.45, 2.75) is 18.2 Å². The number of rotatable bonds is 6. The van der Waals surface area contributed by atoms with E-state index in [1.165, 1.54) is 32.0 Å². The van der Waals surface area contributed by atoms with Gasteiger partial charge in [-0.3, -0.25) is 4.79 Å². The van der Waals surface area contributed by atoms with Crippen LogP contribution in [0, 0.1) is 0 Å². The summed E-state index contributed by atoms with van der Waals surface area (Å²) in [5.41, 5.74) is 0.389. The molecule has 0 saturated carbocycles. The molecular formula is C16H16ClN3O4S. The topological polar surface area (TPSA) is 90.4 Å². The summed E-state index contributed by atoms with van der Waals surface area (Å²) in [6, 6.07) is 6.91. The quantitative estimate of drug-likeness (QED) is 0.467. The van der Waals surface area contributed by atoms with E-state index in [1.54, 1.807) is 30.5 Å². The fraction of sp³-hybridized carbons (Fsp3) is 0.250. The molecule has 0 saturated heterocycles. The van der Waals surface area contributed by atoms with Crippen molar-refractivity contribution in [3.8, 4) is 5.75 Å². The Hall–Kier alpha value is -2.32. The number of nitrogens with one attached hydrogen (secondary N) is 1. The first kappa shape index (κ1) is 19.0. The molecule has 0 radical (unpaired) electrons. The molecule has 1 heterocycles. The van der Waals surface area contributed by atoms with E-state index in [0.29, 0.717) is 16.6 Å². The molecule has 0 unspecified atom stereocenters. The number of esters is 1. The molecule has 1 amide bonds. The van der Waals surface area contributed by atoms with Gasteiger partial charge in [-0.15, -0.1) is 0 Å². The zero-order valence-corrected chi connectivity index (χ0v) is 15.4. The van der Waals surface area contributed by atoms with Gasteiger partial charge in [-0.05, 0) is 25.3 Å². The second kappa shape index (κ2) is 8.68. The highest BCUT2D eigenvalue weighted by molar-refractivity contribution is 7.98. The number of ether oxygens (including phenoxy) is 2. The van der Waals surface area contributed by atoms with Crippen LogP contribution >= 0.6 is 23.4 Å². The van der Waals surface area contributed by atoms with Crippen molar-refractivity contribution in [3.05, 3.63) is 41.2 Å². The third-order valence-corrected chi connectivity index (χ3v) is 3.95. The number of methoxy groups -OCH3 is 1. The van der Waals surface area contributed by atoms with Crippen molar-refractivity contribution in [3.63, 3.8) is 0 Å². The number of anilines is 1. The van der Waals surface area contributed by atoms with Crippen LogP contribution in [0.15, 0.2) is 35.6 Å². The van der Waals surface area contributed by atoms with Crippen LogP contribution in [-0.2, 0) is 9.53 Å². The summed E-state index contributed by atoms with van der Waals surface area (Å²) < 4.78 is 10.3. The van der Waals surface area contributed by atoms with Gasteiger partial charge in [0, 0.05) is 0 Å². The minimum absolute atomic E-state index is 0.0557. The maximum absolute atomic E-state index is 12.2. The van der Waals surface area contributed by atoms with Crippen LogP contribution in [0.3, 0.4) is 0 Å². The molecule has 2 aromatic rings. The number of nitrogens with zero attached hydrogens (tertiary/aromatic N) is 2. The Morgan fingerprint density at radius 3 is 2.72 bits per heavy atom. The van der Waals surface area contributed by atoms with Crippen molar-refractivity contribution >= 4 is 40.9 Å². The minimum atomic E-state index is -1.05. The fourth-order valence-electron chi connectivity index (χ4n) is 1.84. The van der Waals surface area contributed by atoms with Crippen molar-refractivity contribution < 1.29 is 19.1 Å². The summed E-state index contributed by atoms with van der Waals surface area (Å²) in [4.78, 5) is 32.4. The van der Waals surface area contributed by atoms with E-state index < -0.39 is 18.0 Å². The molecule has 0 bridgehead atoms. The van der Waals surface area contributed by atoms with Crippen molar-refractivity contribution in [2.24, 2.45) is 0 Å². The number of benzene rings is 1. The Morgan fingerprint density at radius 2 is 2.04 bits per heavy atom. The van der Waals surface area contributed by atoms with Gasteiger partial charge < -0.3 is 14.8 Å². The van der Waals surface area contributed by atoms with Gasteiger partial charge in [0.25, 0.3) is 5.91 Å². The number of aromatic nitrogens is 2. The summed E-state index contributed by atoms with van der Waals surface area (Å²) in [5.74, 6) is -0.809. The Kier molecular flexibility index (Phi) is 6.60. The molecule has 1 atom stereocenters. The third-order valence-electron chi connectivity index (χ3n) is 3.12. The van der Waals surface area contributed by atoms with E-state index in [-0.39, 0.29) is 10.7 Å². The van der Waals surface area contributed by atoms with E-state index >= 15 is 0 Å². The Labute approximate surface area is 154 Å². The van der Waals surface area contributed by atoms with Gasteiger partial charge in [0.05, 0.1) is 24.0 Å². The molecule has 25 heavy (non-hydrogen) atoms. The van der Waals surface area contributed by atoms with Crippen molar-refractivity contribution in [1.29, 1.82) is 0 Å². The van der Waals surface area contributed by atoms with Gasteiger partial charge in [0.1, 0.15) is 5.75 Å². The monoisotopic (exact) mass is 381 g/mol. The van der Waals surface area contributed by atoms with Gasteiger partial charge in [0.15, 0.2) is 17.0 Å². The summed E-state index contributed by atoms with van der Waals surface area (Å²) in [5, 5.41) is 3.08. The van der Waals surface area contributed by atoms with Crippen LogP contribution in [0.25, 0.3) is 0 Å². The Bertz CT molecular complexity index is 788. The molecule has 1 aromatic carbocycles. The summed E-state index contributed by atoms with van der Waals surface area (Å²) in [6.07, 6.45) is 2.03. The van der Waals surface area contributed by atoms with Crippen molar-refractivity contribution in [1.82, 2.24) is 9.97 Å². The summed E-state index contributed by atoms with van der Waals surface area (Å²) in [6.45, 7) is 1.45. The van der Waals surface area contributed by atoms with Crippen LogP contribution in [0.4, 0.5) is 5.69 Å². The molecule has 0 aliphatic rings. The lowest BCUT2D eigenvalue weighted by Gasteiger charge is -2.15. The van der Waals surface area contributed by atoms with E-state index in [9.17, 15) is 9.59 Å². The highest BCUT2D eigenvalue weighted by Crippen LogP contribution is 2.23. The zero-order valence-electron chi connectivity index (χ0n) is 13.8. The first-order valence-corrected chi connectivity index (χ1v) is 8.78. The smallest absolute Gasteiger partial charge is 0.359 e. The van der Waals surface area contributed by atoms with Crippen LogP contribution in [0.1, 0.15) is 17.4 Å². The number of carbonyl (C=O) groups excluding carboxylic acids is 2. The lowest BCUT2D eigenvalue weighted by Crippen LogP contribution is -2.30. The second-order valence-corrected chi connectivity index (χ2v) is 5.97. The average Bonchev–Trinajstić information content (AvgIpc) is 2.62. The van der Waals surface area contributed by atoms with Gasteiger partial charge in [-0.2, -0.15) is 0 Å². The maximum atomic E-state index is 12.2.